The first-order valence-corrected chi connectivity index (χ1v) is 9.81. The second kappa shape index (κ2) is 7.35. The number of nitrogens with zero attached hydrogens (tertiary/aromatic N) is 4. The van der Waals surface area contributed by atoms with Crippen LogP contribution in [0.1, 0.15) is 34.1 Å². The molecule has 0 radical (unpaired) electrons. The summed E-state index contributed by atoms with van der Waals surface area (Å²) in [6.45, 7) is 7.25. The average molecular weight is 360 g/mol. The molecule has 4 heterocycles. The summed E-state index contributed by atoms with van der Waals surface area (Å²) in [5.74, 6) is 0.529. The van der Waals surface area contributed by atoms with E-state index in [1.54, 1.807) is 28.2 Å². The molecule has 2 aliphatic heterocycles. The minimum Gasteiger partial charge on any atom is -0.375 e. The quantitative estimate of drug-likeness (QED) is 0.835. The largest absolute Gasteiger partial charge is 0.375 e. The third-order valence-electron chi connectivity index (χ3n) is 5.04. The van der Waals surface area contributed by atoms with Crippen LogP contribution in [0.2, 0.25) is 0 Å². The summed E-state index contributed by atoms with van der Waals surface area (Å²) in [5.41, 5.74) is 2.14. The smallest absolute Gasteiger partial charge is 0.266 e. The van der Waals surface area contributed by atoms with Crippen molar-refractivity contribution >= 4 is 11.3 Å². The van der Waals surface area contributed by atoms with Crippen molar-refractivity contribution in [3.8, 4) is 0 Å². The number of hydrogen-bond donors (Lipinski definition) is 0. The summed E-state index contributed by atoms with van der Waals surface area (Å²) in [4.78, 5) is 20.5. The second-order valence-electron chi connectivity index (χ2n) is 6.99. The summed E-state index contributed by atoms with van der Waals surface area (Å²) in [7, 11) is 0. The summed E-state index contributed by atoms with van der Waals surface area (Å²) >= 11 is 1.80. The Bertz CT molecular complexity index is 769. The maximum Gasteiger partial charge on any atom is 0.266 e. The van der Waals surface area contributed by atoms with Crippen molar-refractivity contribution in [1.29, 1.82) is 0 Å². The third-order valence-corrected chi connectivity index (χ3v) is 6.09. The van der Waals surface area contributed by atoms with E-state index in [2.05, 4.69) is 10.00 Å². The van der Waals surface area contributed by atoms with Gasteiger partial charge in [0, 0.05) is 19.0 Å². The Labute approximate surface area is 151 Å². The Morgan fingerprint density at radius 2 is 2.16 bits per heavy atom. The Kier molecular flexibility index (Phi) is 4.96. The van der Waals surface area contributed by atoms with Crippen molar-refractivity contribution in [2.24, 2.45) is 5.92 Å². The maximum absolute atomic E-state index is 11.9. The van der Waals surface area contributed by atoms with Gasteiger partial charge in [0.15, 0.2) is 0 Å². The number of aromatic nitrogens is 3. The summed E-state index contributed by atoms with van der Waals surface area (Å²) < 4.78 is 7.14. The van der Waals surface area contributed by atoms with Crippen LogP contribution in [-0.4, -0.2) is 39.4 Å². The van der Waals surface area contributed by atoms with Gasteiger partial charge in [0.2, 0.25) is 0 Å². The Hall–Kier alpha value is -1.57. The highest BCUT2D eigenvalue weighted by atomic mass is 32.1. The molecule has 6 nitrogen and oxygen atoms in total. The minimum absolute atomic E-state index is 0.00335. The highest BCUT2D eigenvalue weighted by Crippen LogP contribution is 2.26. The van der Waals surface area contributed by atoms with Gasteiger partial charge in [-0.2, -0.15) is 5.10 Å². The van der Waals surface area contributed by atoms with Gasteiger partial charge in [-0.15, -0.1) is 11.3 Å². The topological polar surface area (TPSA) is 60.2 Å². The van der Waals surface area contributed by atoms with E-state index in [1.807, 2.05) is 6.92 Å². The highest BCUT2D eigenvalue weighted by Gasteiger charge is 2.22. The lowest BCUT2D eigenvalue weighted by molar-refractivity contribution is 0.112. The van der Waals surface area contributed by atoms with E-state index in [0.717, 1.165) is 64.3 Å². The van der Waals surface area contributed by atoms with E-state index in [0.29, 0.717) is 5.92 Å². The fourth-order valence-corrected chi connectivity index (χ4v) is 4.69. The molecule has 1 saturated heterocycles. The molecule has 0 bridgehead atoms. The molecule has 4 rings (SSSR count). The van der Waals surface area contributed by atoms with Crippen molar-refractivity contribution in [1.82, 2.24) is 19.7 Å². The van der Waals surface area contributed by atoms with E-state index >= 15 is 0 Å². The van der Waals surface area contributed by atoms with Crippen molar-refractivity contribution in [3.63, 3.8) is 0 Å². The predicted molar refractivity (Wildman–Crippen MR) is 96.7 cm³/mol. The standard InChI is InChI=1S/C18H24N4O2S/c1-13-2-3-18(23)22(20-13)10-14-4-7-21(8-5-14)11-17-19-15-6-9-24-12-16(15)25-17/h2-3,14H,4-12H2,1H3. The fourth-order valence-electron chi connectivity index (χ4n) is 3.59. The molecule has 0 amide bonds. The molecule has 2 aromatic rings. The van der Waals surface area contributed by atoms with Gasteiger partial charge in [-0.1, -0.05) is 0 Å². The van der Waals surface area contributed by atoms with Crippen molar-refractivity contribution < 1.29 is 4.74 Å². The number of likely N-dealkylation sites (tertiary alicyclic amines) is 1. The van der Waals surface area contributed by atoms with Crippen LogP contribution in [0.4, 0.5) is 0 Å². The zero-order valence-electron chi connectivity index (χ0n) is 14.6. The molecular formula is C18H24N4O2S. The molecule has 134 valence electrons. The van der Waals surface area contributed by atoms with Crippen molar-refractivity contribution in [2.45, 2.75) is 45.9 Å². The molecule has 25 heavy (non-hydrogen) atoms. The first-order valence-electron chi connectivity index (χ1n) is 9.00. The molecule has 7 heteroatoms. The van der Waals surface area contributed by atoms with Gasteiger partial charge in [-0.25, -0.2) is 9.67 Å². The minimum atomic E-state index is 0.00335. The van der Waals surface area contributed by atoms with E-state index in [4.69, 9.17) is 9.72 Å². The van der Waals surface area contributed by atoms with Gasteiger partial charge in [-0.05, 0) is 44.8 Å². The fraction of sp³-hybridized carbons (Fsp3) is 0.611. The lowest BCUT2D eigenvalue weighted by Crippen LogP contribution is -2.36. The molecular weight excluding hydrogens is 336 g/mol. The average Bonchev–Trinajstić information content (AvgIpc) is 3.02. The van der Waals surface area contributed by atoms with Crippen LogP contribution in [0.15, 0.2) is 16.9 Å². The van der Waals surface area contributed by atoms with Crippen LogP contribution < -0.4 is 5.56 Å². The van der Waals surface area contributed by atoms with Crippen LogP contribution in [0, 0.1) is 12.8 Å². The first-order chi connectivity index (χ1) is 12.2. The van der Waals surface area contributed by atoms with E-state index in [-0.39, 0.29) is 5.56 Å². The number of piperidine rings is 1. The van der Waals surface area contributed by atoms with Crippen LogP contribution in [0.25, 0.3) is 0 Å². The second-order valence-corrected chi connectivity index (χ2v) is 8.16. The monoisotopic (exact) mass is 360 g/mol. The number of rotatable bonds is 4. The van der Waals surface area contributed by atoms with Gasteiger partial charge in [0.1, 0.15) is 5.01 Å². The summed E-state index contributed by atoms with van der Waals surface area (Å²) in [5, 5.41) is 5.57. The molecule has 0 aliphatic carbocycles. The molecule has 0 saturated carbocycles. The number of thiazole rings is 1. The van der Waals surface area contributed by atoms with Gasteiger partial charge in [0.25, 0.3) is 5.56 Å². The van der Waals surface area contributed by atoms with Gasteiger partial charge in [0.05, 0.1) is 36.0 Å². The van der Waals surface area contributed by atoms with E-state index in [1.165, 1.54) is 15.6 Å². The van der Waals surface area contributed by atoms with E-state index in [9.17, 15) is 4.79 Å². The SMILES string of the molecule is Cc1ccc(=O)n(CC2CCN(Cc3nc4c(s3)COCC4)CC2)n1. The Morgan fingerprint density at radius 1 is 1.32 bits per heavy atom. The first kappa shape index (κ1) is 16.9. The van der Waals surface area contributed by atoms with Crippen LogP contribution in [0.5, 0.6) is 0 Å². The van der Waals surface area contributed by atoms with Gasteiger partial charge < -0.3 is 4.74 Å². The summed E-state index contributed by atoms with van der Waals surface area (Å²) in [6.07, 6.45) is 3.17. The zero-order valence-corrected chi connectivity index (χ0v) is 15.4. The zero-order chi connectivity index (χ0) is 17.2. The lowest BCUT2D eigenvalue weighted by atomic mass is 9.97. The van der Waals surface area contributed by atoms with Gasteiger partial charge >= 0.3 is 0 Å². The van der Waals surface area contributed by atoms with Gasteiger partial charge in [-0.3, -0.25) is 9.69 Å². The number of aryl methyl sites for hydroxylation is 1. The predicted octanol–water partition coefficient (Wildman–Crippen LogP) is 1.99. The Morgan fingerprint density at radius 3 is 2.96 bits per heavy atom. The lowest BCUT2D eigenvalue weighted by Gasteiger charge is -2.31. The molecule has 0 unspecified atom stereocenters. The van der Waals surface area contributed by atoms with E-state index < -0.39 is 0 Å². The Balaban J connectivity index is 1.31. The van der Waals surface area contributed by atoms with Crippen LogP contribution in [0.3, 0.4) is 0 Å². The number of hydrogen-bond acceptors (Lipinski definition) is 6. The normalized spacial score (nSPS) is 19.1. The van der Waals surface area contributed by atoms with Crippen LogP contribution in [-0.2, 0) is 30.9 Å². The maximum atomic E-state index is 11.9. The van der Waals surface area contributed by atoms with Crippen molar-refractivity contribution in [3.05, 3.63) is 43.8 Å². The molecule has 0 aromatic carbocycles. The molecule has 0 atom stereocenters. The molecule has 2 aliphatic rings. The molecule has 1 fully saturated rings. The third kappa shape index (κ3) is 3.99. The molecule has 2 aromatic heterocycles. The van der Waals surface area contributed by atoms with Crippen molar-refractivity contribution in [2.75, 3.05) is 19.7 Å². The highest BCUT2D eigenvalue weighted by molar-refractivity contribution is 7.11. The number of ether oxygens (including phenoxy) is 1. The molecule has 0 spiro atoms. The van der Waals surface area contributed by atoms with Crippen LogP contribution >= 0.6 is 11.3 Å². The summed E-state index contributed by atoms with van der Waals surface area (Å²) in [6, 6.07) is 3.39. The molecule has 0 N–H and O–H groups in total. The number of fused-ring (bicyclic) bond motifs is 1.